The van der Waals surface area contributed by atoms with Crippen molar-refractivity contribution in [3.05, 3.63) is 17.5 Å². The first-order valence-electron chi connectivity index (χ1n) is 6.60. The average Bonchev–Trinajstić information content (AvgIpc) is 2.81. The van der Waals surface area contributed by atoms with E-state index in [1.807, 2.05) is 13.8 Å². The number of hydrogen-bond donors (Lipinski definition) is 2. The van der Waals surface area contributed by atoms with Gasteiger partial charge in [-0.15, -0.1) is 0 Å². The van der Waals surface area contributed by atoms with E-state index < -0.39 is 17.4 Å². The van der Waals surface area contributed by atoms with Gasteiger partial charge >= 0.3 is 5.92 Å². The number of alkyl halides is 2. The fraction of sp³-hybridized carbons (Fsp3) is 0.692. The summed E-state index contributed by atoms with van der Waals surface area (Å²) in [6, 6.07) is 1.61. The summed E-state index contributed by atoms with van der Waals surface area (Å²) in [6.45, 7) is 3.66. The van der Waals surface area contributed by atoms with Crippen LogP contribution < -0.4 is 5.32 Å². The topological polar surface area (TPSA) is 75.4 Å². The fourth-order valence-corrected chi connectivity index (χ4v) is 2.00. The molecule has 1 aromatic heterocycles. The summed E-state index contributed by atoms with van der Waals surface area (Å²) in [4.78, 5) is 11.5. The van der Waals surface area contributed by atoms with Gasteiger partial charge in [-0.2, -0.15) is 8.78 Å². The second-order valence-corrected chi connectivity index (χ2v) is 5.51. The molecule has 1 heterocycles. The molecule has 0 aliphatic heterocycles. The van der Waals surface area contributed by atoms with Crippen LogP contribution in [0.15, 0.2) is 10.6 Å². The van der Waals surface area contributed by atoms with Crippen LogP contribution in [0.1, 0.15) is 50.5 Å². The molecule has 0 saturated heterocycles. The molecule has 2 rings (SSSR count). The van der Waals surface area contributed by atoms with Crippen molar-refractivity contribution in [1.29, 1.82) is 0 Å². The molecule has 0 atom stereocenters. The van der Waals surface area contributed by atoms with Crippen LogP contribution in [0, 0.1) is 0 Å². The van der Waals surface area contributed by atoms with E-state index in [2.05, 4.69) is 10.5 Å². The maximum absolute atomic E-state index is 13.8. The van der Waals surface area contributed by atoms with E-state index in [-0.39, 0.29) is 25.3 Å². The van der Waals surface area contributed by atoms with E-state index >= 15 is 0 Å². The van der Waals surface area contributed by atoms with Gasteiger partial charge in [-0.3, -0.25) is 4.79 Å². The molecular weight excluding hydrogens is 270 g/mol. The minimum absolute atomic E-state index is 0.0623. The number of carbonyl (C=O) groups excluding carboxylic acids is 1. The molecule has 1 aliphatic rings. The number of halogens is 2. The van der Waals surface area contributed by atoms with Crippen molar-refractivity contribution < 1.29 is 23.2 Å². The second-order valence-electron chi connectivity index (χ2n) is 5.51. The van der Waals surface area contributed by atoms with E-state index in [4.69, 9.17) is 4.52 Å². The van der Waals surface area contributed by atoms with E-state index in [1.54, 1.807) is 6.07 Å². The number of aliphatic hydroxyl groups is 1. The smallest absolute Gasteiger partial charge is 0.352 e. The van der Waals surface area contributed by atoms with E-state index in [9.17, 15) is 18.7 Å². The number of nitrogens with one attached hydrogen (secondary N) is 1. The largest absolute Gasteiger partial charge is 0.383 e. The molecule has 112 valence electrons. The molecule has 0 spiro atoms. The SMILES string of the molecule is CC(C)c1cc(CNC(=O)C(F)(F)C2(O)CCC2)on1. The van der Waals surface area contributed by atoms with Crippen molar-refractivity contribution in [3.63, 3.8) is 0 Å². The van der Waals surface area contributed by atoms with Crippen molar-refractivity contribution in [2.24, 2.45) is 0 Å². The predicted molar refractivity (Wildman–Crippen MR) is 66.2 cm³/mol. The van der Waals surface area contributed by atoms with E-state index in [0.717, 1.165) is 0 Å². The lowest BCUT2D eigenvalue weighted by Gasteiger charge is -2.41. The quantitative estimate of drug-likeness (QED) is 0.868. The summed E-state index contributed by atoms with van der Waals surface area (Å²) in [5, 5.41) is 15.5. The Morgan fingerprint density at radius 2 is 2.25 bits per heavy atom. The summed E-state index contributed by atoms with van der Waals surface area (Å²) >= 11 is 0. The Bertz CT molecular complexity index is 496. The van der Waals surface area contributed by atoms with Gasteiger partial charge in [-0.05, 0) is 25.2 Å². The van der Waals surface area contributed by atoms with Gasteiger partial charge in [0.1, 0.15) is 5.60 Å². The zero-order chi connectivity index (χ0) is 15.0. The molecular formula is C13H18F2N2O3. The Morgan fingerprint density at radius 3 is 2.70 bits per heavy atom. The van der Waals surface area contributed by atoms with Gasteiger partial charge in [0.2, 0.25) is 0 Å². The van der Waals surface area contributed by atoms with Crippen LogP contribution in [0.3, 0.4) is 0 Å². The fourth-order valence-electron chi connectivity index (χ4n) is 2.00. The maximum atomic E-state index is 13.8. The van der Waals surface area contributed by atoms with Crippen molar-refractivity contribution in [1.82, 2.24) is 10.5 Å². The lowest BCUT2D eigenvalue weighted by atomic mass is 9.75. The Morgan fingerprint density at radius 1 is 1.60 bits per heavy atom. The number of rotatable bonds is 5. The molecule has 1 fully saturated rings. The Balaban J connectivity index is 1.94. The van der Waals surface area contributed by atoms with Crippen LogP contribution in [-0.2, 0) is 11.3 Å². The highest BCUT2D eigenvalue weighted by molar-refractivity contribution is 5.85. The lowest BCUT2D eigenvalue weighted by Crippen LogP contribution is -2.60. The number of hydrogen-bond acceptors (Lipinski definition) is 4. The normalized spacial score (nSPS) is 17.9. The van der Waals surface area contributed by atoms with Gasteiger partial charge in [0.05, 0.1) is 12.2 Å². The van der Waals surface area contributed by atoms with Gasteiger partial charge in [-0.25, -0.2) is 0 Å². The van der Waals surface area contributed by atoms with Crippen molar-refractivity contribution >= 4 is 5.91 Å². The minimum Gasteiger partial charge on any atom is -0.383 e. The first kappa shape index (κ1) is 14.9. The molecule has 20 heavy (non-hydrogen) atoms. The van der Waals surface area contributed by atoms with Gasteiger partial charge in [0.15, 0.2) is 5.76 Å². The average molecular weight is 288 g/mol. The molecule has 0 radical (unpaired) electrons. The Hall–Kier alpha value is -1.50. The first-order valence-corrected chi connectivity index (χ1v) is 6.60. The summed E-state index contributed by atoms with van der Waals surface area (Å²) in [7, 11) is 0. The molecule has 0 unspecified atom stereocenters. The van der Waals surface area contributed by atoms with Crippen LogP contribution >= 0.6 is 0 Å². The summed E-state index contributed by atoms with van der Waals surface area (Å²) in [5.41, 5.74) is -1.51. The molecule has 2 N–H and O–H groups in total. The number of amides is 1. The summed E-state index contributed by atoms with van der Waals surface area (Å²) in [6.07, 6.45) is 0.375. The number of nitrogens with zero attached hydrogens (tertiary/aromatic N) is 1. The molecule has 5 nitrogen and oxygen atoms in total. The van der Waals surface area contributed by atoms with Crippen molar-refractivity contribution in [2.45, 2.75) is 57.1 Å². The van der Waals surface area contributed by atoms with Crippen LogP contribution in [0.4, 0.5) is 8.78 Å². The zero-order valence-corrected chi connectivity index (χ0v) is 11.4. The molecule has 1 amide bonds. The standard InChI is InChI=1S/C13H18F2N2O3/c1-8(2)10-6-9(20-17-10)7-16-11(18)13(14,15)12(19)4-3-5-12/h6,8,19H,3-5,7H2,1-2H3,(H,16,18). The Kier molecular flexibility index (Phi) is 3.82. The monoisotopic (exact) mass is 288 g/mol. The van der Waals surface area contributed by atoms with Gasteiger partial charge in [-0.1, -0.05) is 19.0 Å². The van der Waals surface area contributed by atoms with Gasteiger partial charge in [0, 0.05) is 6.07 Å². The number of aromatic nitrogens is 1. The molecule has 0 bridgehead atoms. The predicted octanol–water partition coefficient (Wildman–Crippen LogP) is 1.96. The minimum atomic E-state index is -3.79. The first-order chi connectivity index (χ1) is 9.26. The van der Waals surface area contributed by atoms with Crippen molar-refractivity contribution in [3.8, 4) is 0 Å². The Labute approximate surface area is 115 Å². The van der Waals surface area contributed by atoms with Crippen LogP contribution in [0.5, 0.6) is 0 Å². The third kappa shape index (κ3) is 2.54. The number of carbonyl (C=O) groups is 1. The van der Waals surface area contributed by atoms with Crippen LogP contribution in [0.2, 0.25) is 0 Å². The lowest BCUT2D eigenvalue weighted by molar-refractivity contribution is -0.216. The summed E-state index contributed by atoms with van der Waals surface area (Å²) in [5.74, 6) is -4.81. The van der Waals surface area contributed by atoms with Crippen LogP contribution in [0.25, 0.3) is 0 Å². The van der Waals surface area contributed by atoms with E-state index in [0.29, 0.717) is 17.9 Å². The molecule has 1 saturated carbocycles. The third-order valence-corrected chi connectivity index (χ3v) is 3.64. The molecule has 1 aliphatic carbocycles. The summed E-state index contributed by atoms with van der Waals surface area (Å²) < 4.78 is 32.5. The molecule has 0 aromatic carbocycles. The highest BCUT2D eigenvalue weighted by Crippen LogP contribution is 2.44. The maximum Gasteiger partial charge on any atom is 0.352 e. The zero-order valence-electron chi connectivity index (χ0n) is 11.4. The van der Waals surface area contributed by atoms with Gasteiger partial charge in [0.25, 0.3) is 5.91 Å². The van der Waals surface area contributed by atoms with E-state index in [1.165, 1.54) is 0 Å². The highest BCUT2D eigenvalue weighted by atomic mass is 19.3. The highest BCUT2D eigenvalue weighted by Gasteiger charge is 2.61. The molecule has 1 aromatic rings. The van der Waals surface area contributed by atoms with Gasteiger partial charge < -0.3 is 14.9 Å². The molecule has 7 heteroatoms. The third-order valence-electron chi connectivity index (χ3n) is 3.64. The van der Waals surface area contributed by atoms with Crippen molar-refractivity contribution in [2.75, 3.05) is 0 Å². The second kappa shape index (κ2) is 5.12. The van der Waals surface area contributed by atoms with Crippen LogP contribution in [-0.4, -0.2) is 27.7 Å².